The van der Waals surface area contributed by atoms with Gasteiger partial charge in [-0.05, 0) is 30.3 Å². The first-order chi connectivity index (χ1) is 10.1. The fourth-order valence-electron chi connectivity index (χ4n) is 1.87. The Kier molecular flexibility index (Phi) is 4.18. The Morgan fingerprint density at radius 2 is 1.81 bits per heavy atom. The molecule has 0 aliphatic heterocycles. The molecule has 6 heteroatoms. The number of aromatic carboxylic acids is 1. The third-order valence-electron chi connectivity index (χ3n) is 2.90. The smallest absolute Gasteiger partial charge is 0.338 e. The van der Waals surface area contributed by atoms with Crippen molar-refractivity contribution in [3.63, 3.8) is 0 Å². The van der Waals surface area contributed by atoms with Crippen molar-refractivity contribution in [1.82, 2.24) is 4.98 Å². The average molecular weight is 287 g/mol. The van der Waals surface area contributed by atoms with Gasteiger partial charge < -0.3 is 14.6 Å². The number of carbonyl (C=O) groups is 2. The monoisotopic (exact) mass is 287 g/mol. The van der Waals surface area contributed by atoms with Gasteiger partial charge in [0.2, 0.25) is 5.78 Å². The minimum atomic E-state index is -1.20. The van der Waals surface area contributed by atoms with Crippen LogP contribution in [0.2, 0.25) is 0 Å². The lowest BCUT2D eigenvalue weighted by atomic mass is 10.0. The first-order valence-electron chi connectivity index (χ1n) is 6.03. The molecule has 2 aromatic rings. The number of rotatable bonds is 5. The summed E-state index contributed by atoms with van der Waals surface area (Å²) < 4.78 is 10.2. The predicted octanol–water partition coefficient (Wildman–Crippen LogP) is 2.03. The van der Waals surface area contributed by atoms with E-state index in [-0.39, 0.29) is 16.8 Å². The summed E-state index contributed by atoms with van der Waals surface area (Å²) in [7, 11) is 2.94. The van der Waals surface area contributed by atoms with E-state index in [0.717, 1.165) is 0 Å². The van der Waals surface area contributed by atoms with E-state index in [1.807, 2.05) is 0 Å². The first kappa shape index (κ1) is 14.5. The molecule has 1 aromatic heterocycles. The lowest BCUT2D eigenvalue weighted by Gasteiger charge is -2.09. The standard InChI is InChI=1S/C15H13NO5/c1-20-11-6-5-9(8-12(11)21-2)14(17)13-10(15(18)19)4-3-7-16-13/h3-8H,1-2H3,(H,18,19). The molecular formula is C15H13NO5. The number of nitrogens with zero attached hydrogens (tertiary/aromatic N) is 1. The first-order valence-corrected chi connectivity index (χ1v) is 6.03. The van der Waals surface area contributed by atoms with Crippen LogP contribution in [-0.4, -0.2) is 36.1 Å². The molecule has 0 atom stereocenters. The van der Waals surface area contributed by atoms with Gasteiger partial charge in [0.1, 0.15) is 5.69 Å². The summed E-state index contributed by atoms with van der Waals surface area (Å²) in [5.41, 5.74) is 0.0170. The molecule has 0 radical (unpaired) electrons. The molecule has 0 unspecified atom stereocenters. The molecule has 1 aromatic carbocycles. The molecule has 1 N–H and O–H groups in total. The van der Waals surface area contributed by atoms with Crippen LogP contribution >= 0.6 is 0 Å². The number of carboxylic acid groups (broad SMARTS) is 1. The molecule has 6 nitrogen and oxygen atoms in total. The highest BCUT2D eigenvalue weighted by molar-refractivity contribution is 6.13. The van der Waals surface area contributed by atoms with Gasteiger partial charge >= 0.3 is 5.97 Å². The second-order valence-electron chi connectivity index (χ2n) is 4.10. The summed E-state index contributed by atoms with van der Waals surface area (Å²) in [6.07, 6.45) is 1.38. The summed E-state index contributed by atoms with van der Waals surface area (Å²) in [6, 6.07) is 7.40. The lowest BCUT2D eigenvalue weighted by Crippen LogP contribution is -2.12. The van der Waals surface area contributed by atoms with Gasteiger partial charge in [-0.15, -0.1) is 0 Å². The Morgan fingerprint density at radius 1 is 1.10 bits per heavy atom. The Balaban J connectivity index is 2.48. The number of carboxylic acids is 1. The zero-order valence-electron chi connectivity index (χ0n) is 11.5. The maximum Gasteiger partial charge on any atom is 0.338 e. The number of benzene rings is 1. The summed E-state index contributed by atoms with van der Waals surface area (Å²) in [5, 5.41) is 9.11. The molecule has 0 fully saturated rings. The fourth-order valence-corrected chi connectivity index (χ4v) is 1.87. The topological polar surface area (TPSA) is 85.7 Å². The average Bonchev–Trinajstić information content (AvgIpc) is 2.53. The maximum absolute atomic E-state index is 12.4. The Labute approximate surface area is 121 Å². The quantitative estimate of drug-likeness (QED) is 0.847. The van der Waals surface area contributed by atoms with E-state index in [1.165, 1.54) is 44.7 Å². The van der Waals surface area contributed by atoms with Crippen LogP contribution in [0.25, 0.3) is 0 Å². The molecule has 1 heterocycles. The number of pyridine rings is 1. The van der Waals surface area contributed by atoms with Gasteiger partial charge in [-0.3, -0.25) is 9.78 Å². The van der Waals surface area contributed by atoms with Crippen LogP contribution in [0.5, 0.6) is 11.5 Å². The predicted molar refractivity (Wildman–Crippen MR) is 74.2 cm³/mol. The van der Waals surface area contributed by atoms with E-state index < -0.39 is 11.8 Å². The second kappa shape index (κ2) is 6.04. The third-order valence-corrected chi connectivity index (χ3v) is 2.90. The highest BCUT2D eigenvalue weighted by Crippen LogP contribution is 2.28. The summed E-state index contributed by atoms with van der Waals surface area (Å²) in [6.45, 7) is 0. The van der Waals surface area contributed by atoms with Gasteiger partial charge in [0.25, 0.3) is 0 Å². The molecule has 0 spiro atoms. The van der Waals surface area contributed by atoms with E-state index in [2.05, 4.69) is 4.98 Å². The van der Waals surface area contributed by atoms with Crippen LogP contribution in [0.1, 0.15) is 26.4 Å². The number of methoxy groups -OCH3 is 2. The SMILES string of the molecule is COc1ccc(C(=O)c2ncccc2C(=O)O)cc1OC. The van der Waals surface area contributed by atoms with Crippen molar-refractivity contribution in [3.05, 3.63) is 53.3 Å². The van der Waals surface area contributed by atoms with Crippen LogP contribution in [-0.2, 0) is 0 Å². The number of hydrogen-bond donors (Lipinski definition) is 1. The van der Waals surface area contributed by atoms with Crippen LogP contribution < -0.4 is 9.47 Å². The van der Waals surface area contributed by atoms with E-state index in [4.69, 9.17) is 14.6 Å². The molecule has 2 rings (SSSR count). The van der Waals surface area contributed by atoms with Gasteiger partial charge in [-0.2, -0.15) is 0 Å². The van der Waals surface area contributed by atoms with E-state index >= 15 is 0 Å². The molecule has 0 amide bonds. The number of ketones is 1. The number of ether oxygens (including phenoxy) is 2. The van der Waals surface area contributed by atoms with Crippen molar-refractivity contribution in [2.45, 2.75) is 0 Å². The molecule has 108 valence electrons. The van der Waals surface area contributed by atoms with Crippen molar-refractivity contribution in [1.29, 1.82) is 0 Å². The maximum atomic E-state index is 12.4. The fraction of sp³-hybridized carbons (Fsp3) is 0.133. The third kappa shape index (κ3) is 2.84. The van der Waals surface area contributed by atoms with Crippen molar-refractivity contribution >= 4 is 11.8 Å². The van der Waals surface area contributed by atoms with Gasteiger partial charge in [0.05, 0.1) is 19.8 Å². The Morgan fingerprint density at radius 3 is 2.43 bits per heavy atom. The van der Waals surface area contributed by atoms with Crippen molar-refractivity contribution in [2.75, 3.05) is 14.2 Å². The van der Waals surface area contributed by atoms with Crippen molar-refractivity contribution in [3.8, 4) is 11.5 Å². The van der Waals surface area contributed by atoms with Gasteiger partial charge in [-0.1, -0.05) is 0 Å². The Bertz CT molecular complexity index is 696. The van der Waals surface area contributed by atoms with Crippen molar-refractivity contribution < 1.29 is 24.2 Å². The van der Waals surface area contributed by atoms with Crippen LogP contribution in [0.3, 0.4) is 0 Å². The zero-order valence-corrected chi connectivity index (χ0v) is 11.5. The molecule has 0 bridgehead atoms. The lowest BCUT2D eigenvalue weighted by molar-refractivity contribution is 0.0692. The highest BCUT2D eigenvalue weighted by Gasteiger charge is 2.20. The number of hydrogen-bond acceptors (Lipinski definition) is 5. The molecule has 21 heavy (non-hydrogen) atoms. The van der Waals surface area contributed by atoms with Gasteiger partial charge in [-0.25, -0.2) is 4.79 Å². The van der Waals surface area contributed by atoms with Crippen LogP contribution in [0, 0.1) is 0 Å². The van der Waals surface area contributed by atoms with Gasteiger partial charge in [0.15, 0.2) is 11.5 Å². The summed E-state index contributed by atoms with van der Waals surface area (Å²) in [4.78, 5) is 27.4. The zero-order chi connectivity index (χ0) is 15.4. The second-order valence-corrected chi connectivity index (χ2v) is 4.10. The van der Waals surface area contributed by atoms with Gasteiger partial charge in [0, 0.05) is 11.8 Å². The van der Waals surface area contributed by atoms with E-state index in [9.17, 15) is 9.59 Å². The minimum absolute atomic E-state index is 0.114. The van der Waals surface area contributed by atoms with Crippen molar-refractivity contribution in [2.24, 2.45) is 0 Å². The summed E-state index contributed by atoms with van der Waals surface area (Å²) in [5.74, 6) is -0.828. The van der Waals surface area contributed by atoms with E-state index in [0.29, 0.717) is 11.5 Å². The van der Waals surface area contributed by atoms with E-state index in [1.54, 1.807) is 6.07 Å². The Hall–Kier alpha value is -2.89. The minimum Gasteiger partial charge on any atom is -0.493 e. The molecular weight excluding hydrogens is 274 g/mol. The summed E-state index contributed by atoms with van der Waals surface area (Å²) >= 11 is 0. The number of aromatic nitrogens is 1. The molecule has 0 aliphatic carbocycles. The molecule has 0 saturated heterocycles. The highest BCUT2D eigenvalue weighted by atomic mass is 16.5. The molecule has 0 saturated carbocycles. The van der Waals surface area contributed by atoms with Crippen LogP contribution in [0.4, 0.5) is 0 Å². The molecule has 0 aliphatic rings. The van der Waals surface area contributed by atoms with Crippen LogP contribution in [0.15, 0.2) is 36.5 Å². The number of carbonyl (C=O) groups excluding carboxylic acids is 1. The normalized spacial score (nSPS) is 10.0. The largest absolute Gasteiger partial charge is 0.493 e.